The van der Waals surface area contributed by atoms with Gasteiger partial charge in [0.1, 0.15) is 23.1 Å². The summed E-state index contributed by atoms with van der Waals surface area (Å²) in [6.45, 7) is -0.832. The Morgan fingerprint density at radius 3 is 2.22 bits per heavy atom. The summed E-state index contributed by atoms with van der Waals surface area (Å²) in [6.07, 6.45) is -4.65. The van der Waals surface area contributed by atoms with Gasteiger partial charge in [-0.1, -0.05) is 18.2 Å². The van der Waals surface area contributed by atoms with Gasteiger partial charge in [-0.15, -0.1) is 0 Å². The molecule has 1 amide bonds. The molecule has 0 aromatic heterocycles. The summed E-state index contributed by atoms with van der Waals surface area (Å²) in [7, 11) is 0. The number of benzene rings is 2. The monoisotopic (exact) mass is 331 g/mol. The van der Waals surface area contributed by atoms with Crippen LogP contribution in [0, 0.1) is 11.6 Å². The van der Waals surface area contributed by atoms with E-state index in [1.54, 1.807) is 0 Å². The number of amides is 1. The third-order valence-electron chi connectivity index (χ3n) is 2.78. The number of anilines is 1. The minimum absolute atomic E-state index is 0.552. The lowest BCUT2D eigenvalue weighted by atomic mass is 10.2. The average molecular weight is 331 g/mol. The van der Waals surface area contributed by atoms with E-state index in [9.17, 15) is 26.7 Å². The number of carbonyl (C=O) groups is 1. The van der Waals surface area contributed by atoms with Crippen LogP contribution in [0.1, 0.15) is 5.56 Å². The highest BCUT2D eigenvalue weighted by atomic mass is 19.4. The predicted octanol–water partition coefficient (Wildman–Crippen LogP) is 4.00. The van der Waals surface area contributed by atoms with Crippen LogP contribution < -0.4 is 10.1 Å². The SMILES string of the molecule is O=C(COc1ccccc1C(F)(F)F)Nc1c(F)cccc1F. The summed E-state index contributed by atoms with van der Waals surface area (Å²) in [4.78, 5) is 11.6. The van der Waals surface area contributed by atoms with Gasteiger partial charge in [-0.2, -0.15) is 13.2 Å². The number of hydrogen-bond donors (Lipinski definition) is 1. The molecule has 0 aliphatic heterocycles. The number of carbonyl (C=O) groups excluding carboxylic acids is 1. The summed E-state index contributed by atoms with van der Waals surface area (Å²) < 4.78 is 69.7. The molecule has 0 atom stereocenters. The van der Waals surface area contributed by atoms with E-state index in [0.29, 0.717) is 0 Å². The van der Waals surface area contributed by atoms with Crippen molar-refractivity contribution in [3.8, 4) is 5.75 Å². The first kappa shape index (κ1) is 16.7. The third kappa shape index (κ3) is 4.18. The van der Waals surface area contributed by atoms with Gasteiger partial charge in [0.15, 0.2) is 6.61 Å². The highest BCUT2D eigenvalue weighted by molar-refractivity contribution is 5.92. The minimum atomic E-state index is -4.65. The van der Waals surface area contributed by atoms with Crippen molar-refractivity contribution in [2.24, 2.45) is 0 Å². The van der Waals surface area contributed by atoms with Gasteiger partial charge in [0.2, 0.25) is 0 Å². The topological polar surface area (TPSA) is 38.3 Å². The fraction of sp³-hybridized carbons (Fsp3) is 0.133. The number of ether oxygens (including phenoxy) is 1. The van der Waals surface area contributed by atoms with E-state index >= 15 is 0 Å². The van der Waals surface area contributed by atoms with Crippen LogP contribution in [0.4, 0.5) is 27.6 Å². The van der Waals surface area contributed by atoms with E-state index in [1.807, 2.05) is 5.32 Å². The maximum Gasteiger partial charge on any atom is 0.419 e. The molecule has 122 valence electrons. The number of halogens is 5. The zero-order chi connectivity index (χ0) is 17.0. The summed E-state index contributed by atoms with van der Waals surface area (Å²) in [5.41, 5.74) is -1.74. The van der Waals surface area contributed by atoms with E-state index in [1.165, 1.54) is 12.1 Å². The second-order valence-corrected chi connectivity index (χ2v) is 4.43. The molecule has 0 saturated heterocycles. The fourth-order valence-electron chi connectivity index (χ4n) is 1.76. The molecule has 0 heterocycles. The number of nitrogens with one attached hydrogen (secondary N) is 1. The first-order valence-electron chi connectivity index (χ1n) is 6.32. The maximum atomic E-state index is 13.4. The highest BCUT2D eigenvalue weighted by Gasteiger charge is 2.34. The molecular weight excluding hydrogens is 321 g/mol. The molecule has 0 aliphatic carbocycles. The Kier molecular flexibility index (Phi) is 4.83. The Balaban J connectivity index is 2.06. The highest BCUT2D eigenvalue weighted by Crippen LogP contribution is 2.35. The number of para-hydroxylation sites is 2. The summed E-state index contributed by atoms with van der Waals surface area (Å²) >= 11 is 0. The molecule has 0 aliphatic rings. The predicted molar refractivity (Wildman–Crippen MR) is 71.9 cm³/mol. The van der Waals surface area contributed by atoms with E-state index in [-0.39, 0.29) is 0 Å². The second kappa shape index (κ2) is 6.64. The molecule has 0 radical (unpaired) electrons. The van der Waals surface area contributed by atoms with Gasteiger partial charge in [-0.25, -0.2) is 8.78 Å². The summed E-state index contributed by atoms with van der Waals surface area (Å²) in [6, 6.07) is 7.28. The molecule has 3 nitrogen and oxygen atoms in total. The van der Waals surface area contributed by atoms with E-state index in [4.69, 9.17) is 4.74 Å². The Bertz CT molecular complexity index is 695. The van der Waals surface area contributed by atoms with Crippen molar-refractivity contribution < 1.29 is 31.5 Å². The Morgan fingerprint density at radius 1 is 1.00 bits per heavy atom. The number of alkyl halides is 3. The first-order valence-corrected chi connectivity index (χ1v) is 6.32. The molecule has 2 rings (SSSR count). The molecule has 0 bridgehead atoms. The maximum absolute atomic E-state index is 13.4. The summed E-state index contributed by atoms with van der Waals surface area (Å²) in [5.74, 6) is -3.56. The number of rotatable bonds is 4. The lowest BCUT2D eigenvalue weighted by Crippen LogP contribution is -2.22. The van der Waals surface area contributed by atoms with Gasteiger partial charge in [0, 0.05) is 0 Å². The van der Waals surface area contributed by atoms with Crippen molar-refractivity contribution in [1.82, 2.24) is 0 Å². The van der Waals surface area contributed by atoms with Crippen LogP contribution >= 0.6 is 0 Å². The lowest BCUT2D eigenvalue weighted by Gasteiger charge is -2.13. The van der Waals surface area contributed by atoms with Gasteiger partial charge in [0.05, 0.1) is 5.56 Å². The Hall–Kier alpha value is -2.64. The van der Waals surface area contributed by atoms with Gasteiger partial charge in [-0.05, 0) is 24.3 Å². The van der Waals surface area contributed by atoms with Crippen LogP contribution in [-0.4, -0.2) is 12.5 Å². The molecule has 0 fully saturated rings. The van der Waals surface area contributed by atoms with Crippen LogP contribution in [0.3, 0.4) is 0 Å². The van der Waals surface area contributed by atoms with Crippen molar-refractivity contribution >= 4 is 11.6 Å². The van der Waals surface area contributed by atoms with Crippen molar-refractivity contribution in [3.63, 3.8) is 0 Å². The quantitative estimate of drug-likeness (QED) is 0.860. The normalized spacial score (nSPS) is 11.2. The van der Waals surface area contributed by atoms with Gasteiger partial charge in [-0.3, -0.25) is 4.79 Å². The molecule has 0 spiro atoms. The zero-order valence-corrected chi connectivity index (χ0v) is 11.5. The second-order valence-electron chi connectivity index (χ2n) is 4.43. The molecule has 0 unspecified atom stereocenters. The van der Waals surface area contributed by atoms with Crippen molar-refractivity contribution in [1.29, 1.82) is 0 Å². The molecule has 1 N–H and O–H groups in total. The molecule has 23 heavy (non-hydrogen) atoms. The molecule has 8 heteroatoms. The van der Waals surface area contributed by atoms with Crippen molar-refractivity contribution in [2.75, 3.05) is 11.9 Å². The Labute approximate surface area is 127 Å². The lowest BCUT2D eigenvalue weighted by molar-refractivity contribution is -0.139. The standard InChI is InChI=1S/C15H10F5NO2/c16-10-5-3-6-11(17)14(10)21-13(22)8-23-12-7-2-1-4-9(12)15(18,19)20/h1-7H,8H2,(H,21,22). The van der Waals surface area contributed by atoms with E-state index in [0.717, 1.165) is 30.3 Å². The zero-order valence-electron chi connectivity index (χ0n) is 11.5. The van der Waals surface area contributed by atoms with Gasteiger partial charge >= 0.3 is 6.18 Å². The van der Waals surface area contributed by atoms with E-state index in [2.05, 4.69) is 0 Å². The molecule has 2 aromatic rings. The largest absolute Gasteiger partial charge is 0.483 e. The van der Waals surface area contributed by atoms with Gasteiger partial charge < -0.3 is 10.1 Å². The summed E-state index contributed by atoms with van der Waals surface area (Å²) in [5, 5.41) is 1.91. The Morgan fingerprint density at radius 2 is 1.61 bits per heavy atom. The van der Waals surface area contributed by atoms with Crippen LogP contribution in [0.2, 0.25) is 0 Å². The minimum Gasteiger partial charge on any atom is -0.483 e. The first-order chi connectivity index (χ1) is 10.8. The molecular formula is C15H10F5NO2. The molecule has 0 saturated carbocycles. The fourth-order valence-corrected chi connectivity index (χ4v) is 1.76. The van der Waals surface area contributed by atoms with E-state index < -0.39 is 47.3 Å². The van der Waals surface area contributed by atoms with Crippen LogP contribution in [0.5, 0.6) is 5.75 Å². The van der Waals surface area contributed by atoms with Crippen molar-refractivity contribution in [3.05, 3.63) is 59.7 Å². The third-order valence-corrected chi connectivity index (χ3v) is 2.78. The van der Waals surface area contributed by atoms with Crippen LogP contribution in [0.25, 0.3) is 0 Å². The number of hydrogen-bond acceptors (Lipinski definition) is 2. The molecule has 2 aromatic carbocycles. The smallest absolute Gasteiger partial charge is 0.419 e. The van der Waals surface area contributed by atoms with Gasteiger partial charge in [0.25, 0.3) is 5.91 Å². The van der Waals surface area contributed by atoms with Crippen LogP contribution in [0.15, 0.2) is 42.5 Å². The van der Waals surface area contributed by atoms with Crippen LogP contribution in [-0.2, 0) is 11.0 Å². The average Bonchev–Trinajstić information content (AvgIpc) is 2.48. The van der Waals surface area contributed by atoms with Crippen molar-refractivity contribution in [2.45, 2.75) is 6.18 Å².